The Morgan fingerprint density at radius 3 is 2.50 bits per heavy atom. The number of nitrogens with one attached hydrogen (secondary N) is 1. The number of rotatable bonds is 6. The molecule has 0 aliphatic carbocycles. The topological polar surface area (TPSA) is 114 Å². The fourth-order valence-electron chi connectivity index (χ4n) is 4.92. The second-order valence-corrected chi connectivity index (χ2v) is 11.6. The summed E-state index contributed by atoms with van der Waals surface area (Å²) in [5.41, 5.74) is 1.09. The molecule has 0 radical (unpaired) electrons. The minimum atomic E-state index is -3.76. The summed E-state index contributed by atoms with van der Waals surface area (Å²) in [5.74, 6) is 1.34. The van der Waals surface area contributed by atoms with Crippen molar-refractivity contribution in [2.75, 3.05) is 37.9 Å². The van der Waals surface area contributed by atoms with E-state index in [1.54, 1.807) is 18.2 Å². The van der Waals surface area contributed by atoms with Gasteiger partial charge in [-0.25, -0.2) is 8.42 Å². The first kappa shape index (κ1) is 24.4. The predicted octanol–water partition coefficient (Wildman–Crippen LogP) is 2.12. The number of benzene rings is 2. The van der Waals surface area contributed by atoms with Crippen molar-refractivity contribution < 1.29 is 32.2 Å². The number of carbonyl (C=O) groups is 2. The second kappa shape index (κ2) is 9.62. The number of anilines is 1. The van der Waals surface area contributed by atoms with Crippen LogP contribution in [0.5, 0.6) is 17.2 Å². The molecule has 2 aromatic carbocycles. The first-order valence-corrected chi connectivity index (χ1v) is 13.4. The molecule has 36 heavy (non-hydrogen) atoms. The molecule has 0 saturated carbocycles. The van der Waals surface area contributed by atoms with Crippen molar-refractivity contribution in [1.29, 1.82) is 0 Å². The van der Waals surface area contributed by atoms with Crippen molar-refractivity contribution in [2.45, 2.75) is 31.7 Å². The predicted molar refractivity (Wildman–Crippen MR) is 130 cm³/mol. The molecule has 2 atom stereocenters. The van der Waals surface area contributed by atoms with Crippen molar-refractivity contribution in [3.8, 4) is 17.2 Å². The molecular formula is C25H29N3O7S. The zero-order valence-electron chi connectivity index (χ0n) is 20.2. The number of carbonyl (C=O) groups excluding carboxylic acids is 2. The number of ether oxygens (including phenoxy) is 3. The molecule has 10 nitrogen and oxygen atoms in total. The maximum atomic E-state index is 13.4. The third-order valence-electron chi connectivity index (χ3n) is 6.57. The van der Waals surface area contributed by atoms with Gasteiger partial charge in [-0.05, 0) is 54.2 Å². The molecule has 3 heterocycles. The van der Waals surface area contributed by atoms with Gasteiger partial charge in [-0.15, -0.1) is 0 Å². The third-order valence-corrected chi connectivity index (χ3v) is 8.40. The summed E-state index contributed by atoms with van der Waals surface area (Å²) in [6.07, 6.45) is 0.980. The highest BCUT2D eigenvalue weighted by atomic mass is 32.2. The summed E-state index contributed by atoms with van der Waals surface area (Å²) < 4.78 is 44.5. The van der Waals surface area contributed by atoms with E-state index in [2.05, 4.69) is 5.32 Å². The third kappa shape index (κ3) is 4.85. The Hall–Kier alpha value is -3.31. The lowest BCUT2D eigenvalue weighted by Gasteiger charge is -2.34. The monoisotopic (exact) mass is 515 g/mol. The lowest BCUT2D eigenvalue weighted by Crippen LogP contribution is -2.45. The molecule has 1 N–H and O–H groups in total. The van der Waals surface area contributed by atoms with E-state index in [0.717, 1.165) is 12.0 Å². The van der Waals surface area contributed by atoms with Gasteiger partial charge in [0.05, 0.1) is 10.6 Å². The minimum absolute atomic E-state index is 0.0756. The summed E-state index contributed by atoms with van der Waals surface area (Å²) in [6.45, 7) is 4.90. The first-order valence-electron chi connectivity index (χ1n) is 11.9. The quantitative estimate of drug-likeness (QED) is 0.627. The van der Waals surface area contributed by atoms with Crippen LogP contribution in [0.15, 0.2) is 41.3 Å². The molecule has 5 rings (SSSR count). The average Bonchev–Trinajstić information content (AvgIpc) is 3.31. The highest BCUT2D eigenvalue weighted by Gasteiger charge is 2.34. The standard InChI is InChI=1S/C25H29N3O7S/c1-16-7-17(2)12-27(11-16)36(31,32)19-4-6-21-20(9-19)28(25(30)14-33-21)13-24(29)26-10-18-3-5-22-23(8-18)35-15-34-22/h3-6,8-9,16-17H,7,10-15H2,1-2H3,(H,26,29)/t16-,17-/m0/s1. The molecule has 1 fully saturated rings. The van der Waals surface area contributed by atoms with E-state index in [1.165, 1.54) is 21.3 Å². The molecular weight excluding hydrogens is 486 g/mol. The smallest absolute Gasteiger partial charge is 0.265 e. The van der Waals surface area contributed by atoms with Crippen LogP contribution in [0.25, 0.3) is 0 Å². The molecule has 192 valence electrons. The van der Waals surface area contributed by atoms with Gasteiger partial charge in [0.15, 0.2) is 18.1 Å². The van der Waals surface area contributed by atoms with Crippen LogP contribution in [0.2, 0.25) is 0 Å². The van der Waals surface area contributed by atoms with E-state index in [-0.39, 0.29) is 54.8 Å². The fourth-order valence-corrected chi connectivity index (χ4v) is 6.62. The van der Waals surface area contributed by atoms with Gasteiger partial charge in [0.1, 0.15) is 12.3 Å². The first-order chi connectivity index (χ1) is 17.2. The van der Waals surface area contributed by atoms with Crippen LogP contribution < -0.4 is 24.4 Å². The van der Waals surface area contributed by atoms with Gasteiger partial charge in [0, 0.05) is 19.6 Å². The maximum Gasteiger partial charge on any atom is 0.265 e. The number of hydrogen-bond acceptors (Lipinski definition) is 7. The highest BCUT2D eigenvalue weighted by molar-refractivity contribution is 7.89. The van der Waals surface area contributed by atoms with Gasteiger partial charge >= 0.3 is 0 Å². The van der Waals surface area contributed by atoms with Gasteiger partial charge < -0.3 is 19.5 Å². The average molecular weight is 516 g/mol. The Balaban J connectivity index is 1.32. The van der Waals surface area contributed by atoms with E-state index >= 15 is 0 Å². The summed E-state index contributed by atoms with van der Waals surface area (Å²) in [6, 6.07) is 9.85. The molecule has 0 aromatic heterocycles. The summed E-state index contributed by atoms with van der Waals surface area (Å²) in [5, 5.41) is 2.80. The minimum Gasteiger partial charge on any atom is -0.482 e. The van der Waals surface area contributed by atoms with Crippen molar-refractivity contribution in [3.05, 3.63) is 42.0 Å². The number of hydrogen-bond donors (Lipinski definition) is 1. The van der Waals surface area contributed by atoms with Gasteiger partial charge in [-0.3, -0.25) is 14.5 Å². The van der Waals surface area contributed by atoms with Crippen LogP contribution >= 0.6 is 0 Å². The van der Waals surface area contributed by atoms with Crippen LogP contribution in [0.3, 0.4) is 0 Å². The Morgan fingerprint density at radius 2 is 1.72 bits per heavy atom. The lowest BCUT2D eigenvalue weighted by atomic mass is 9.94. The normalized spacial score (nSPS) is 21.6. The fraction of sp³-hybridized carbons (Fsp3) is 0.440. The molecule has 0 unspecified atom stereocenters. The summed E-state index contributed by atoms with van der Waals surface area (Å²) in [4.78, 5) is 26.8. The van der Waals surface area contributed by atoms with Crippen molar-refractivity contribution in [1.82, 2.24) is 9.62 Å². The molecule has 0 spiro atoms. The number of fused-ring (bicyclic) bond motifs is 2. The molecule has 2 amide bonds. The van der Waals surface area contributed by atoms with E-state index in [4.69, 9.17) is 14.2 Å². The maximum absolute atomic E-state index is 13.4. The Bertz CT molecular complexity index is 1290. The summed E-state index contributed by atoms with van der Waals surface area (Å²) >= 11 is 0. The lowest BCUT2D eigenvalue weighted by molar-refractivity contribution is -0.125. The van der Waals surface area contributed by atoms with Gasteiger partial charge in [0.2, 0.25) is 22.7 Å². The molecule has 3 aliphatic heterocycles. The number of amides is 2. The van der Waals surface area contributed by atoms with Gasteiger partial charge in [-0.2, -0.15) is 4.31 Å². The summed E-state index contributed by atoms with van der Waals surface area (Å²) in [7, 11) is -3.76. The van der Waals surface area contributed by atoms with Crippen LogP contribution in [0.4, 0.5) is 5.69 Å². The molecule has 0 bridgehead atoms. The van der Waals surface area contributed by atoms with Crippen molar-refractivity contribution in [2.24, 2.45) is 11.8 Å². The van der Waals surface area contributed by atoms with Gasteiger partial charge in [-0.1, -0.05) is 19.9 Å². The van der Waals surface area contributed by atoms with Crippen LogP contribution in [-0.2, 0) is 26.2 Å². The molecule has 11 heteroatoms. The largest absolute Gasteiger partial charge is 0.482 e. The number of piperidine rings is 1. The number of nitrogens with zero attached hydrogens (tertiary/aromatic N) is 2. The second-order valence-electron chi connectivity index (χ2n) is 9.63. The van der Waals surface area contributed by atoms with Crippen LogP contribution in [-0.4, -0.2) is 57.6 Å². The SMILES string of the molecule is C[C@H]1C[C@H](C)CN(S(=O)(=O)c2ccc3c(c2)N(CC(=O)NCc2ccc4c(c2)OCO4)C(=O)CO3)C1. The highest BCUT2D eigenvalue weighted by Crippen LogP contribution is 2.36. The Morgan fingerprint density at radius 1 is 1.00 bits per heavy atom. The number of sulfonamides is 1. The Kier molecular flexibility index (Phi) is 6.52. The van der Waals surface area contributed by atoms with E-state index in [0.29, 0.717) is 30.3 Å². The zero-order valence-corrected chi connectivity index (χ0v) is 21.0. The van der Waals surface area contributed by atoms with Crippen molar-refractivity contribution >= 4 is 27.5 Å². The zero-order chi connectivity index (χ0) is 25.4. The molecule has 3 aliphatic rings. The van der Waals surface area contributed by atoms with Crippen LogP contribution in [0.1, 0.15) is 25.8 Å². The molecule has 2 aromatic rings. The van der Waals surface area contributed by atoms with E-state index < -0.39 is 15.9 Å². The van der Waals surface area contributed by atoms with Crippen molar-refractivity contribution in [3.63, 3.8) is 0 Å². The van der Waals surface area contributed by atoms with E-state index in [1.807, 2.05) is 19.9 Å². The molecule has 1 saturated heterocycles. The Labute approximate surface area is 210 Å². The van der Waals surface area contributed by atoms with E-state index in [9.17, 15) is 18.0 Å². The van der Waals surface area contributed by atoms with Crippen LogP contribution in [0, 0.1) is 11.8 Å². The van der Waals surface area contributed by atoms with Gasteiger partial charge in [0.25, 0.3) is 5.91 Å².